The maximum absolute atomic E-state index is 11.6. The van der Waals surface area contributed by atoms with Crippen LogP contribution in [0.2, 0.25) is 0 Å². The van der Waals surface area contributed by atoms with E-state index in [0.29, 0.717) is 5.56 Å². The van der Waals surface area contributed by atoms with Crippen molar-refractivity contribution in [3.05, 3.63) is 63.6 Å². The van der Waals surface area contributed by atoms with Gasteiger partial charge in [0.05, 0.1) is 18.7 Å². The van der Waals surface area contributed by atoms with Crippen molar-refractivity contribution in [1.82, 2.24) is 0 Å². The average Bonchev–Trinajstić information content (AvgIpc) is 2.89. The molecule has 0 aliphatic carbocycles. The summed E-state index contributed by atoms with van der Waals surface area (Å²) in [5, 5.41) is 3.47. The number of rotatable bonds is 2. The van der Waals surface area contributed by atoms with Gasteiger partial charge in [-0.05, 0) is 41.8 Å². The lowest BCUT2D eigenvalue weighted by Crippen LogP contribution is -2.05. The minimum absolute atomic E-state index is 0.246. The van der Waals surface area contributed by atoms with E-state index in [4.69, 9.17) is 4.74 Å². The molecule has 1 N–H and O–H groups in total. The average molecular weight is 332 g/mol. The van der Waals surface area contributed by atoms with Gasteiger partial charge >= 0.3 is 5.97 Å². The zero-order valence-electron chi connectivity index (χ0n) is 11.0. The highest BCUT2D eigenvalue weighted by Crippen LogP contribution is 2.35. The molecule has 102 valence electrons. The van der Waals surface area contributed by atoms with Gasteiger partial charge in [0.1, 0.15) is 0 Å². The Labute approximate surface area is 126 Å². The lowest BCUT2D eigenvalue weighted by atomic mass is 10.0. The van der Waals surface area contributed by atoms with E-state index < -0.39 is 0 Å². The van der Waals surface area contributed by atoms with Crippen LogP contribution in [0, 0.1) is 0 Å². The summed E-state index contributed by atoms with van der Waals surface area (Å²) in [4.78, 5) is 11.6. The standard InChI is InChI=1S/C16H14BrNO2/c1-20-16(19)12-6-5-11-8-14(18-15(11)9-12)10-3-2-4-13(17)7-10/h2-7,9,14,18H,8H2,1H3. The molecule has 0 saturated heterocycles. The molecular weight excluding hydrogens is 318 g/mol. The molecule has 1 atom stereocenters. The number of anilines is 1. The molecule has 0 bridgehead atoms. The summed E-state index contributed by atoms with van der Waals surface area (Å²) in [5.41, 5.74) is 4.05. The second-order valence-electron chi connectivity index (χ2n) is 4.82. The molecule has 0 fully saturated rings. The van der Waals surface area contributed by atoms with E-state index in [1.807, 2.05) is 30.3 Å². The number of fused-ring (bicyclic) bond motifs is 1. The van der Waals surface area contributed by atoms with Gasteiger partial charge in [-0.3, -0.25) is 0 Å². The SMILES string of the molecule is COC(=O)c1ccc2c(c1)NC(c1cccc(Br)c1)C2. The van der Waals surface area contributed by atoms with Crippen molar-refractivity contribution in [2.75, 3.05) is 12.4 Å². The molecule has 1 aliphatic heterocycles. The van der Waals surface area contributed by atoms with Crippen LogP contribution in [0.4, 0.5) is 5.69 Å². The van der Waals surface area contributed by atoms with Crippen LogP contribution in [0.25, 0.3) is 0 Å². The fourth-order valence-electron chi connectivity index (χ4n) is 2.52. The fraction of sp³-hybridized carbons (Fsp3) is 0.188. The molecule has 0 spiro atoms. The van der Waals surface area contributed by atoms with Gasteiger partial charge in [-0.1, -0.05) is 34.1 Å². The van der Waals surface area contributed by atoms with Crippen molar-refractivity contribution in [3.8, 4) is 0 Å². The van der Waals surface area contributed by atoms with Crippen molar-refractivity contribution in [2.24, 2.45) is 0 Å². The maximum Gasteiger partial charge on any atom is 0.337 e. The second kappa shape index (κ2) is 5.29. The smallest absolute Gasteiger partial charge is 0.337 e. The third-order valence-electron chi connectivity index (χ3n) is 3.54. The molecule has 0 radical (unpaired) electrons. The highest BCUT2D eigenvalue weighted by Gasteiger charge is 2.23. The topological polar surface area (TPSA) is 38.3 Å². The predicted octanol–water partition coefficient (Wildman–Crippen LogP) is 3.95. The number of hydrogen-bond donors (Lipinski definition) is 1. The van der Waals surface area contributed by atoms with Crippen LogP contribution in [0.5, 0.6) is 0 Å². The quantitative estimate of drug-likeness (QED) is 0.847. The first-order valence-corrected chi connectivity index (χ1v) is 7.20. The van der Waals surface area contributed by atoms with Gasteiger partial charge in [-0.2, -0.15) is 0 Å². The van der Waals surface area contributed by atoms with Crippen molar-refractivity contribution in [3.63, 3.8) is 0 Å². The van der Waals surface area contributed by atoms with Gasteiger partial charge in [-0.25, -0.2) is 4.79 Å². The van der Waals surface area contributed by atoms with Crippen molar-refractivity contribution < 1.29 is 9.53 Å². The van der Waals surface area contributed by atoms with E-state index in [9.17, 15) is 4.79 Å². The van der Waals surface area contributed by atoms with Crippen LogP contribution in [-0.2, 0) is 11.2 Å². The monoisotopic (exact) mass is 331 g/mol. The number of hydrogen-bond acceptors (Lipinski definition) is 3. The zero-order chi connectivity index (χ0) is 14.1. The number of nitrogens with one attached hydrogen (secondary N) is 1. The molecule has 20 heavy (non-hydrogen) atoms. The summed E-state index contributed by atoms with van der Waals surface area (Å²) < 4.78 is 5.82. The van der Waals surface area contributed by atoms with Crippen LogP contribution >= 0.6 is 15.9 Å². The summed E-state index contributed by atoms with van der Waals surface area (Å²) >= 11 is 3.50. The van der Waals surface area contributed by atoms with Gasteiger partial charge in [0.15, 0.2) is 0 Å². The minimum atomic E-state index is -0.305. The van der Waals surface area contributed by atoms with E-state index in [1.54, 1.807) is 0 Å². The first-order chi connectivity index (χ1) is 9.67. The van der Waals surface area contributed by atoms with Crippen molar-refractivity contribution in [2.45, 2.75) is 12.5 Å². The highest BCUT2D eigenvalue weighted by molar-refractivity contribution is 9.10. The number of carbonyl (C=O) groups excluding carboxylic acids is 1. The fourth-order valence-corrected chi connectivity index (χ4v) is 2.93. The van der Waals surface area contributed by atoms with E-state index in [1.165, 1.54) is 18.2 Å². The van der Waals surface area contributed by atoms with Gasteiger partial charge < -0.3 is 10.1 Å². The summed E-state index contributed by atoms with van der Waals surface area (Å²) in [6.45, 7) is 0. The third kappa shape index (κ3) is 2.43. The largest absolute Gasteiger partial charge is 0.465 e. The second-order valence-corrected chi connectivity index (χ2v) is 5.74. The molecule has 2 aromatic carbocycles. The first kappa shape index (κ1) is 13.2. The van der Waals surface area contributed by atoms with E-state index in [0.717, 1.165) is 16.6 Å². The first-order valence-electron chi connectivity index (χ1n) is 6.40. The molecule has 1 heterocycles. The lowest BCUT2D eigenvalue weighted by molar-refractivity contribution is 0.0601. The summed E-state index contributed by atoms with van der Waals surface area (Å²) in [7, 11) is 1.40. The number of halogens is 1. The number of ether oxygens (including phenoxy) is 1. The Morgan fingerprint density at radius 1 is 1.30 bits per heavy atom. The number of esters is 1. The third-order valence-corrected chi connectivity index (χ3v) is 4.03. The van der Waals surface area contributed by atoms with Gasteiger partial charge in [0.2, 0.25) is 0 Å². The Balaban J connectivity index is 1.87. The van der Waals surface area contributed by atoms with Crippen LogP contribution in [0.3, 0.4) is 0 Å². The van der Waals surface area contributed by atoms with Crippen molar-refractivity contribution in [1.29, 1.82) is 0 Å². The Bertz CT molecular complexity index is 669. The van der Waals surface area contributed by atoms with Gasteiger partial charge in [0, 0.05) is 10.2 Å². The number of methoxy groups -OCH3 is 1. The molecule has 0 amide bonds. The molecule has 1 unspecified atom stereocenters. The predicted molar refractivity (Wildman–Crippen MR) is 82.0 cm³/mol. The minimum Gasteiger partial charge on any atom is -0.465 e. The van der Waals surface area contributed by atoms with Crippen LogP contribution in [0.15, 0.2) is 46.9 Å². The molecule has 2 aromatic rings. The summed E-state index contributed by atoms with van der Waals surface area (Å²) in [6.07, 6.45) is 0.924. The number of benzene rings is 2. The Kier molecular flexibility index (Phi) is 3.49. The van der Waals surface area contributed by atoms with E-state index in [2.05, 4.69) is 33.4 Å². The molecule has 1 aliphatic rings. The molecule has 3 rings (SSSR count). The Hall–Kier alpha value is -1.81. The van der Waals surface area contributed by atoms with Gasteiger partial charge in [0.25, 0.3) is 0 Å². The Morgan fingerprint density at radius 3 is 2.90 bits per heavy atom. The van der Waals surface area contributed by atoms with Crippen LogP contribution in [-0.4, -0.2) is 13.1 Å². The molecule has 0 aromatic heterocycles. The number of carbonyl (C=O) groups is 1. The molecule has 0 saturated carbocycles. The van der Waals surface area contributed by atoms with E-state index >= 15 is 0 Å². The van der Waals surface area contributed by atoms with Crippen LogP contribution < -0.4 is 5.32 Å². The lowest BCUT2D eigenvalue weighted by Gasteiger charge is -2.12. The summed E-state index contributed by atoms with van der Waals surface area (Å²) in [5.74, 6) is -0.305. The van der Waals surface area contributed by atoms with Gasteiger partial charge in [-0.15, -0.1) is 0 Å². The summed E-state index contributed by atoms with van der Waals surface area (Å²) in [6, 6.07) is 14.2. The highest BCUT2D eigenvalue weighted by atomic mass is 79.9. The Morgan fingerprint density at radius 2 is 2.15 bits per heavy atom. The zero-order valence-corrected chi connectivity index (χ0v) is 12.6. The maximum atomic E-state index is 11.6. The molecule has 3 nitrogen and oxygen atoms in total. The molecular formula is C16H14BrNO2. The molecule has 4 heteroatoms. The van der Waals surface area contributed by atoms with Crippen molar-refractivity contribution >= 4 is 27.6 Å². The normalized spacial score (nSPS) is 16.4. The van der Waals surface area contributed by atoms with E-state index in [-0.39, 0.29) is 12.0 Å². The van der Waals surface area contributed by atoms with Crippen LogP contribution in [0.1, 0.15) is 27.5 Å².